The summed E-state index contributed by atoms with van der Waals surface area (Å²) in [6.45, 7) is 6.60. The summed E-state index contributed by atoms with van der Waals surface area (Å²) >= 11 is -1.39. The third-order valence-electron chi connectivity index (χ3n) is 5.15. The van der Waals surface area contributed by atoms with Crippen LogP contribution in [0.15, 0.2) is 16.7 Å². The molecule has 1 aromatic heterocycles. The predicted molar refractivity (Wildman–Crippen MR) is 100 cm³/mol. The first kappa shape index (κ1) is 19.0. The second-order valence-electron chi connectivity index (χ2n) is 7.91. The van der Waals surface area contributed by atoms with Gasteiger partial charge in [-0.15, -0.1) is 0 Å². The van der Waals surface area contributed by atoms with Gasteiger partial charge in [0, 0.05) is 36.3 Å². The Bertz CT molecular complexity index is 736. The van der Waals surface area contributed by atoms with Gasteiger partial charge in [0.1, 0.15) is 21.8 Å². The largest absolute Gasteiger partial charge is 0.591 e. The maximum Gasteiger partial charge on any atom is 0.407 e. The van der Waals surface area contributed by atoms with E-state index in [9.17, 15) is 14.5 Å². The summed E-state index contributed by atoms with van der Waals surface area (Å²) in [6.07, 6.45) is 2.97. The first-order valence-electron chi connectivity index (χ1n) is 8.69. The fraction of sp³-hybridized carbons (Fsp3) is 0.611. The highest BCUT2D eigenvalue weighted by Gasteiger charge is 2.48. The molecule has 0 radical (unpaired) electrons. The molecule has 1 saturated heterocycles. The quantitative estimate of drug-likeness (QED) is 0.797. The highest BCUT2D eigenvalue weighted by atomic mass is 32.2. The van der Waals surface area contributed by atoms with Crippen molar-refractivity contribution in [2.24, 2.45) is 9.81 Å². The SMILES string of the molecule is COc1cc2c(cn1)CC1(CCN(C(=O)O)CC1)/C2=N\[S@+]([O-])C(C)(C)C. The number of rotatable bonds is 2. The Hall–Kier alpha value is -1.80. The Labute approximate surface area is 156 Å². The Kier molecular flexibility index (Phi) is 4.92. The maximum absolute atomic E-state index is 12.8. The minimum absolute atomic E-state index is 0.288. The molecule has 0 unspecified atom stereocenters. The topological polar surface area (TPSA) is 98.1 Å². The Morgan fingerprint density at radius 3 is 2.62 bits per heavy atom. The van der Waals surface area contributed by atoms with Gasteiger partial charge in [0.25, 0.3) is 0 Å². The second-order valence-corrected chi connectivity index (χ2v) is 9.82. The lowest BCUT2D eigenvalue weighted by Gasteiger charge is -2.38. The summed E-state index contributed by atoms with van der Waals surface area (Å²) in [5.74, 6) is 0.498. The van der Waals surface area contributed by atoms with Crippen molar-refractivity contribution in [2.75, 3.05) is 20.2 Å². The van der Waals surface area contributed by atoms with Crippen LogP contribution >= 0.6 is 0 Å². The summed E-state index contributed by atoms with van der Waals surface area (Å²) in [5.41, 5.74) is 2.51. The molecule has 3 rings (SSSR count). The van der Waals surface area contributed by atoms with Gasteiger partial charge in [0.2, 0.25) is 5.88 Å². The van der Waals surface area contributed by atoms with Crippen LogP contribution < -0.4 is 4.74 Å². The molecule has 0 saturated carbocycles. The lowest BCUT2D eigenvalue weighted by Crippen LogP contribution is -2.45. The van der Waals surface area contributed by atoms with Gasteiger partial charge in [-0.1, -0.05) is 4.40 Å². The van der Waals surface area contributed by atoms with Gasteiger partial charge in [0.15, 0.2) is 0 Å². The molecule has 1 amide bonds. The lowest BCUT2D eigenvalue weighted by atomic mass is 9.74. The number of likely N-dealkylation sites (tertiary alicyclic amines) is 1. The number of hydrogen-bond donors (Lipinski definition) is 1. The van der Waals surface area contributed by atoms with E-state index in [1.165, 1.54) is 4.90 Å². The maximum atomic E-state index is 12.8. The number of nitrogens with zero attached hydrogens (tertiary/aromatic N) is 3. The number of carbonyl (C=O) groups is 1. The molecule has 1 spiro atoms. The van der Waals surface area contributed by atoms with E-state index in [2.05, 4.69) is 9.38 Å². The number of hydrogen-bond acceptors (Lipinski definition) is 5. The van der Waals surface area contributed by atoms with Crippen molar-refractivity contribution in [3.05, 3.63) is 23.4 Å². The van der Waals surface area contributed by atoms with E-state index in [4.69, 9.17) is 4.74 Å². The van der Waals surface area contributed by atoms with Crippen LogP contribution in [0.25, 0.3) is 0 Å². The number of pyridine rings is 1. The molecule has 2 heterocycles. The van der Waals surface area contributed by atoms with Crippen LogP contribution in [-0.2, 0) is 17.8 Å². The fourth-order valence-corrected chi connectivity index (χ4v) is 4.31. The van der Waals surface area contributed by atoms with Gasteiger partial charge in [-0.3, -0.25) is 0 Å². The zero-order valence-electron chi connectivity index (χ0n) is 15.6. The number of amides is 1. The van der Waals surface area contributed by atoms with E-state index in [1.807, 2.05) is 26.8 Å². The van der Waals surface area contributed by atoms with Crippen LogP contribution in [0.1, 0.15) is 44.7 Å². The number of carboxylic acid groups (broad SMARTS) is 1. The average molecular weight is 379 g/mol. The molecule has 0 aromatic carbocycles. The molecule has 1 aliphatic carbocycles. The summed E-state index contributed by atoms with van der Waals surface area (Å²) in [6, 6.07) is 1.85. The van der Waals surface area contributed by atoms with Gasteiger partial charge < -0.3 is 19.3 Å². The van der Waals surface area contributed by atoms with Crippen molar-refractivity contribution in [3.8, 4) is 5.88 Å². The highest BCUT2D eigenvalue weighted by Crippen LogP contribution is 2.46. The number of piperidine rings is 1. The van der Waals surface area contributed by atoms with E-state index in [0.717, 1.165) is 23.3 Å². The molecule has 1 aromatic rings. The molecule has 1 N–H and O–H groups in total. The van der Waals surface area contributed by atoms with E-state index in [-0.39, 0.29) is 5.41 Å². The molecule has 1 fully saturated rings. The first-order valence-corrected chi connectivity index (χ1v) is 9.79. The summed E-state index contributed by atoms with van der Waals surface area (Å²) < 4.78 is 22.2. The zero-order valence-corrected chi connectivity index (χ0v) is 16.4. The third-order valence-corrected chi connectivity index (χ3v) is 6.54. The summed E-state index contributed by atoms with van der Waals surface area (Å²) in [7, 11) is 1.56. The molecule has 2 aliphatic rings. The third kappa shape index (κ3) is 3.40. The zero-order chi connectivity index (χ0) is 19.1. The molecular formula is C18H25N3O4S. The predicted octanol–water partition coefficient (Wildman–Crippen LogP) is 2.66. The van der Waals surface area contributed by atoms with E-state index >= 15 is 0 Å². The van der Waals surface area contributed by atoms with Gasteiger partial charge in [-0.25, -0.2) is 9.78 Å². The Morgan fingerprint density at radius 2 is 2.08 bits per heavy atom. The van der Waals surface area contributed by atoms with E-state index in [1.54, 1.807) is 13.3 Å². The van der Waals surface area contributed by atoms with Crippen LogP contribution in [-0.4, -0.2) is 56.3 Å². The number of fused-ring (bicyclic) bond motifs is 1. The normalized spacial score (nSPS) is 21.7. The lowest BCUT2D eigenvalue weighted by molar-refractivity contribution is 0.115. The van der Waals surface area contributed by atoms with Crippen LogP contribution in [0, 0.1) is 5.41 Å². The van der Waals surface area contributed by atoms with Crippen molar-refractivity contribution >= 4 is 23.2 Å². The van der Waals surface area contributed by atoms with Crippen molar-refractivity contribution in [1.82, 2.24) is 9.88 Å². The van der Waals surface area contributed by atoms with Gasteiger partial charge in [-0.2, -0.15) is 0 Å². The van der Waals surface area contributed by atoms with Gasteiger partial charge in [0.05, 0.1) is 7.11 Å². The van der Waals surface area contributed by atoms with Crippen LogP contribution in [0.5, 0.6) is 5.88 Å². The van der Waals surface area contributed by atoms with Crippen molar-refractivity contribution in [1.29, 1.82) is 0 Å². The number of aromatic nitrogens is 1. The van der Waals surface area contributed by atoms with Crippen molar-refractivity contribution < 1.29 is 19.2 Å². The minimum atomic E-state index is -1.39. The molecule has 7 nitrogen and oxygen atoms in total. The molecule has 142 valence electrons. The smallest absolute Gasteiger partial charge is 0.407 e. The molecule has 8 heteroatoms. The highest BCUT2D eigenvalue weighted by molar-refractivity contribution is 7.91. The summed E-state index contributed by atoms with van der Waals surface area (Å²) in [4.78, 5) is 17.0. The molecule has 1 aliphatic heterocycles. The molecule has 26 heavy (non-hydrogen) atoms. The molecule has 1 atom stereocenters. The monoisotopic (exact) mass is 379 g/mol. The Balaban J connectivity index is 2.02. The summed E-state index contributed by atoms with van der Waals surface area (Å²) in [5, 5.41) is 9.25. The number of ether oxygens (including phenoxy) is 1. The van der Waals surface area contributed by atoms with Gasteiger partial charge >= 0.3 is 6.09 Å². The molecule has 0 bridgehead atoms. The standard InChI is InChI=1S/C18H25N3O4S/c1-17(2,3)26(24)20-15-13-9-14(25-4)19-11-12(13)10-18(15)5-7-21(8-6-18)16(22)23/h9,11H,5-8,10H2,1-4H3,(H,22,23)/b20-15-/t26-/m1/s1. The van der Waals surface area contributed by atoms with E-state index < -0.39 is 22.2 Å². The Morgan fingerprint density at radius 1 is 1.42 bits per heavy atom. The second kappa shape index (κ2) is 6.74. The first-order chi connectivity index (χ1) is 12.2. The van der Waals surface area contributed by atoms with Crippen LogP contribution in [0.2, 0.25) is 0 Å². The number of methoxy groups -OCH3 is 1. The fourth-order valence-electron chi connectivity index (χ4n) is 3.58. The average Bonchev–Trinajstić information content (AvgIpc) is 2.87. The van der Waals surface area contributed by atoms with Crippen molar-refractivity contribution in [2.45, 2.75) is 44.8 Å². The van der Waals surface area contributed by atoms with E-state index in [0.29, 0.717) is 31.8 Å². The molecular weight excluding hydrogens is 354 g/mol. The minimum Gasteiger partial charge on any atom is -0.591 e. The van der Waals surface area contributed by atoms with Gasteiger partial charge in [-0.05, 0) is 45.6 Å². The van der Waals surface area contributed by atoms with Crippen LogP contribution in [0.4, 0.5) is 4.79 Å². The van der Waals surface area contributed by atoms with Crippen molar-refractivity contribution in [3.63, 3.8) is 0 Å². The van der Waals surface area contributed by atoms with Crippen LogP contribution in [0.3, 0.4) is 0 Å².